The molecule has 142 valence electrons. The van der Waals surface area contributed by atoms with Crippen LogP contribution >= 0.6 is 0 Å². The number of anilines is 1. The van der Waals surface area contributed by atoms with Gasteiger partial charge in [0.05, 0.1) is 22.6 Å². The minimum absolute atomic E-state index is 0.237. The van der Waals surface area contributed by atoms with E-state index in [4.69, 9.17) is 9.47 Å². The molecule has 1 aromatic rings. The van der Waals surface area contributed by atoms with Crippen molar-refractivity contribution in [3.8, 4) is 0 Å². The van der Waals surface area contributed by atoms with Gasteiger partial charge in [0.2, 0.25) is 10.0 Å². The lowest BCUT2D eigenvalue weighted by Crippen LogP contribution is -2.63. The van der Waals surface area contributed by atoms with E-state index in [1.807, 2.05) is 13.8 Å². The largest absolute Gasteiger partial charge is 0.447 e. The van der Waals surface area contributed by atoms with Crippen LogP contribution in [0.15, 0.2) is 29.2 Å². The van der Waals surface area contributed by atoms with Crippen molar-refractivity contribution in [3.05, 3.63) is 24.3 Å². The monoisotopic (exact) mass is 380 g/mol. The Morgan fingerprint density at radius 3 is 2.31 bits per heavy atom. The Balaban J connectivity index is 1.59. The summed E-state index contributed by atoms with van der Waals surface area (Å²) in [5.41, 5.74) is -0.205. The van der Waals surface area contributed by atoms with Gasteiger partial charge < -0.3 is 9.47 Å². The van der Waals surface area contributed by atoms with Gasteiger partial charge >= 0.3 is 6.09 Å². The molecule has 3 fully saturated rings. The van der Waals surface area contributed by atoms with E-state index in [9.17, 15) is 13.2 Å². The maximum atomic E-state index is 13.2. The molecule has 8 heteroatoms. The predicted octanol–water partition coefficient (Wildman–Crippen LogP) is 2.37. The molecular weight excluding hydrogens is 356 g/mol. The molecule has 4 rings (SSSR count). The smallest absolute Gasteiger partial charge is 0.414 e. The maximum Gasteiger partial charge on any atom is 0.414 e. The number of carbonyl (C=O) groups excluding carboxylic acids is 1. The Hall–Kier alpha value is -1.64. The Morgan fingerprint density at radius 2 is 1.77 bits per heavy atom. The van der Waals surface area contributed by atoms with Gasteiger partial charge in [-0.25, -0.2) is 13.2 Å². The average Bonchev–Trinajstić information content (AvgIpc) is 2.98. The third-order valence-corrected chi connectivity index (χ3v) is 7.13. The molecular formula is C18H24N2O5S. The van der Waals surface area contributed by atoms with E-state index in [-0.39, 0.29) is 10.5 Å². The summed E-state index contributed by atoms with van der Waals surface area (Å²) in [6.45, 7) is 5.44. The lowest BCUT2D eigenvalue weighted by Gasteiger charge is -2.53. The second kappa shape index (κ2) is 5.94. The van der Waals surface area contributed by atoms with E-state index in [0.717, 1.165) is 19.3 Å². The fourth-order valence-corrected chi connectivity index (χ4v) is 5.69. The number of amides is 1. The highest BCUT2D eigenvalue weighted by Gasteiger charge is 2.50. The van der Waals surface area contributed by atoms with Gasteiger partial charge in [-0.15, -0.1) is 0 Å². The summed E-state index contributed by atoms with van der Waals surface area (Å²) in [6.07, 6.45) is 2.48. The van der Waals surface area contributed by atoms with Crippen molar-refractivity contribution in [1.29, 1.82) is 0 Å². The zero-order chi connectivity index (χ0) is 18.6. The highest BCUT2D eigenvalue weighted by atomic mass is 32.2. The van der Waals surface area contributed by atoms with E-state index in [0.29, 0.717) is 31.9 Å². The maximum absolute atomic E-state index is 13.2. The molecule has 3 aliphatic rings. The molecule has 1 saturated carbocycles. The normalized spacial score (nSPS) is 25.2. The lowest BCUT2D eigenvalue weighted by atomic mass is 9.78. The summed E-state index contributed by atoms with van der Waals surface area (Å²) in [7, 11) is -3.62. The molecule has 0 N–H and O–H groups in total. The quantitative estimate of drug-likeness (QED) is 0.805. The van der Waals surface area contributed by atoms with Gasteiger partial charge in [0, 0.05) is 18.8 Å². The van der Waals surface area contributed by atoms with Gasteiger partial charge in [-0.05, 0) is 57.4 Å². The summed E-state index contributed by atoms with van der Waals surface area (Å²) >= 11 is 0. The number of sulfonamides is 1. The Labute approximate surface area is 153 Å². The average molecular weight is 380 g/mol. The van der Waals surface area contributed by atoms with Crippen LogP contribution in [-0.2, 0) is 19.5 Å². The van der Waals surface area contributed by atoms with Gasteiger partial charge in [-0.2, -0.15) is 4.31 Å². The summed E-state index contributed by atoms with van der Waals surface area (Å²) in [5.74, 6) is 0. The van der Waals surface area contributed by atoms with Crippen LogP contribution in [0.5, 0.6) is 0 Å². The van der Waals surface area contributed by atoms with E-state index in [1.54, 1.807) is 28.6 Å². The number of ether oxygens (including phenoxy) is 2. The Kier molecular flexibility index (Phi) is 4.05. The van der Waals surface area contributed by atoms with Gasteiger partial charge in [0.1, 0.15) is 6.61 Å². The molecule has 7 nitrogen and oxygen atoms in total. The number of cyclic esters (lactones) is 1. The summed E-state index contributed by atoms with van der Waals surface area (Å²) < 4.78 is 39.0. The third-order valence-electron chi connectivity index (χ3n) is 5.33. The van der Waals surface area contributed by atoms with Gasteiger partial charge in [-0.3, -0.25) is 4.90 Å². The molecule has 1 spiro atoms. The zero-order valence-corrected chi connectivity index (χ0v) is 15.9. The number of rotatable bonds is 3. The first-order valence-corrected chi connectivity index (χ1v) is 10.4. The number of carbonyl (C=O) groups is 1. The fourth-order valence-electron chi connectivity index (χ4n) is 4.03. The third kappa shape index (κ3) is 3.00. The van der Waals surface area contributed by atoms with Crippen molar-refractivity contribution in [3.63, 3.8) is 0 Å². The van der Waals surface area contributed by atoms with Gasteiger partial charge in [-0.1, -0.05) is 0 Å². The van der Waals surface area contributed by atoms with Crippen molar-refractivity contribution >= 4 is 21.8 Å². The van der Waals surface area contributed by atoms with E-state index in [2.05, 4.69) is 0 Å². The minimum atomic E-state index is -3.62. The molecule has 1 aromatic carbocycles. The number of hydrogen-bond acceptors (Lipinski definition) is 5. The summed E-state index contributed by atoms with van der Waals surface area (Å²) in [5, 5.41) is 0. The van der Waals surface area contributed by atoms with Crippen molar-refractivity contribution in [2.24, 2.45) is 0 Å². The second-order valence-corrected chi connectivity index (χ2v) is 9.87. The van der Waals surface area contributed by atoms with E-state index < -0.39 is 21.7 Å². The first-order valence-electron chi connectivity index (χ1n) is 8.96. The molecule has 0 aromatic heterocycles. The first-order chi connectivity index (χ1) is 12.2. The number of benzene rings is 1. The van der Waals surface area contributed by atoms with Crippen LogP contribution in [0, 0.1) is 0 Å². The molecule has 2 saturated heterocycles. The molecule has 2 aliphatic heterocycles. The predicted molar refractivity (Wildman–Crippen MR) is 95.6 cm³/mol. The van der Waals surface area contributed by atoms with Crippen molar-refractivity contribution in [2.75, 3.05) is 31.1 Å². The Bertz CT molecular complexity index is 814. The molecule has 0 unspecified atom stereocenters. The van der Waals surface area contributed by atoms with Crippen LogP contribution < -0.4 is 4.90 Å². The van der Waals surface area contributed by atoms with Crippen LogP contribution in [0.3, 0.4) is 0 Å². The second-order valence-electron chi connectivity index (χ2n) is 7.93. The fraction of sp³-hybridized carbons (Fsp3) is 0.611. The Morgan fingerprint density at radius 1 is 1.08 bits per heavy atom. The molecule has 0 bridgehead atoms. The van der Waals surface area contributed by atoms with Crippen molar-refractivity contribution in [2.45, 2.75) is 49.2 Å². The van der Waals surface area contributed by atoms with Crippen LogP contribution in [0.4, 0.5) is 10.5 Å². The molecule has 26 heavy (non-hydrogen) atoms. The molecule has 0 atom stereocenters. The SMILES string of the molecule is CC1(C)CN(S(=O)(=O)c2ccc(N3CCOC3=O)cc2)CC2(CCC2)O1. The van der Waals surface area contributed by atoms with Crippen molar-refractivity contribution in [1.82, 2.24) is 4.31 Å². The van der Waals surface area contributed by atoms with Crippen LogP contribution in [0.1, 0.15) is 33.1 Å². The number of morpholine rings is 1. The number of nitrogens with zero attached hydrogens (tertiary/aromatic N) is 2. The molecule has 1 aliphatic carbocycles. The van der Waals surface area contributed by atoms with Crippen LogP contribution in [-0.4, -0.2) is 56.3 Å². The van der Waals surface area contributed by atoms with Gasteiger partial charge in [0.15, 0.2) is 0 Å². The summed E-state index contributed by atoms with van der Waals surface area (Å²) in [4.78, 5) is 13.4. The lowest BCUT2D eigenvalue weighted by molar-refractivity contribution is -0.213. The highest BCUT2D eigenvalue weighted by Crippen LogP contribution is 2.44. The van der Waals surface area contributed by atoms with Gasteiger partial charge in [0.25, 0.3) is 0 Å². The number of hydrogen-bond donors (Lipinski definition) is 0. The van der Waals surface area contributed by atoms with Crippen molar-refractivity contribution < 1.29 is 22.7 Å². The molecule has 1 amide bonds. The minimum Gasteiger partial charge on any atom is -0.447 e. The molecule has 2 heterocycles. The summed E-state index contributed by atoms with van der Waals surface area (Å²) in [6, 6.07) is 6.44. The standard InChI is InChI=1S/C18H24N2O5S/c1-17(2)12-19(13-18(25-17)8-3-9-18)26(22,23)15-6-4-14(5-7-15)20-10-11-24-16(20)21/h4-7H,3,8-13H2,1-2H3. The van der Waals surface area contributed by atoms with E-state index in [1.165, 1.54) is 4.90 Å². The molecule has 0 radical (unpaired) electrons. The zero-order valence-electron chi connectivity index (χ0n) is 15.1. The highest BCUT2D eigenvalue weighted by molar-refractivity contribution is 7.89. The van der Waals surface area contributed by atoms with E-state index >= 15 is 0 Å². The van der Waals surface area contributed by atoms with Crippen LogP contribution in [0.25, 0.3) is 0 Å². The first kappa shape index (κ1) is 17.8. The topological polar surface area (TPSA) is 76.2 Å². The van der Waals surface area contributed by atoms with Crippen LogP contribution in [0.2, 0.25) is 0 Å².